The highest BCUT2D eigenvalue weighted by atomic mass is 32.2. The first-order valence-electron chi connectivity index (χ1n) is 6.46. The highest BCUT2D eigenvalue weighted by Crippen LogP contribution is 2.30. The first-order chi connectivity index (χ1) is 10.0. The zero-order chi connectivity index (χ0) is 15.4. The molecule has 1 atom stereocenters. The second kappa shape index (κ2) is 6.62. The van der Waals surface area contributed by atoms with E-state index in [1.54, 1.807) is 24.3 Å². The molecule has 0 saturated carbocycles. The summed E-state index contributed by atoms with van der Waals surface area (Å²) < 4.78 is 5.31. The van der Waals surface area contributed by atoms with Gasteiger partial charge in [0.15, 0.2) is 0 Å². The van der Waals surface area contributed by atoms with E-state index in [9.17, 15) is 14.4 Å². The third-order valence-electron chi connectivity index (χ3n) is 2.92. The van der Waals surface area contributed by atoms with Crippen molar-refractivity contribution in [1.29, 1.82) is 0 Å². The Labute approximate surface area is 126 Å². The average molecular weight is 309 g/mol. The van der Waals surface area contributed by atoms with Gasteiger partial charge in [0, 0.05) is 6.42 Å². The lowest BCUT2D eigenvalue weighted by Gasteiger charge is -2.15. The molecule has 0 aliphatic carbocycles. The molecule has 2 amide bonds. The maximum Gasteiger partial charge on any atom is 0.313 e. The minimum Gasteiger partial charge on any atom is -0.494 e. The first-order valence-corrected chi connectivity index (χ1v) is 7.51. The van der Waals surface area contributed by atoms with E-state index < -0.39 is 11.2 Å². The number of hydrogen-bond donors (Lipinski definition) is 1. The van der Waals surface area contributed by atoms with Crippen molar-refractivity contribution in [3.05, 3.63) is 24.3 Å². The van der Waals surface area contributed by atoms with Crippen LogP contribution in [0, 0.1) is 0 Å². The van der Waals surface area contributed by atoms with Crippen LogP contribution in [0.5, 0.6) is 5.75 Å². The van der Waals surface area contributed by atoms with E-state index >= 15 is 0 Å². The largest absolute Gasteiger partial charge is 0.494 e. The number of aliphatic carboxylic acids is 1. The summed E-state index contributed by atoms with van der Waals surface area (Å²) in [4.78, 5) is 35.8. The number of anilines is 1. The normalized spacial score (nSPS) is 18.1. The van der Waals surface area contributed by atoms with Crippen LogP contribution in [0.4, 0.5) is 5.69 Å². The summed E-state index contributed by atoms with van der Waals surface area (Å²) in [7, 11) is 0. The fourth-order valence-electron chi connectivity index (χ4n) is 2.04. The third kappa shape index (κ3) is 3.55. The van der Waals surface area contributed by atoms with Crippen molar-refractivity contribution < 1.29 is 24.2 Å². The van der Waals surface area contributed by atoms with Crippen LogP contribution in [-0.4, -0.2) is 40.5 Å². The number of rotatable bonds is 6. The van der Waals surface area contributed by atoms with Crippen molar-refractivity contribution in [2.75, 3.05) is 17.3 Å². The molecular weight excluding hydrogens is 294 g/mol. The molecule has 1 heterocycles. The number of benzene rings is 1. The summed E-state index contributed by atoms with van der Waals surface area (Å²) in [6, 6.07) is 6.67. The number of amides is 2. The number of imide groups is 1. The van der Waals surface area contributed by atoms with Gasteiger partial charge in [-0.3, -0.25) is 14.4 Å². The van der Waals surface area contributed by atoms with E-state index in [4.69, 9.17) is 9.84 Å². The predicted octanol–water partition coefficient (Wildman–Crippen LogP) is 1.53. The van der Waals surface area contributed by atoms with Crippen molar-refractivity contribution in [1.82, 2.24) is 0 Å². The van der Waals surface area contributed by atoms with Crippen LogP contribution >= 0.6 is 11.8 Å². The number of carboxylic acids is 1. The lowest BCUT2D eigenvalue weighted by molar-refractivity contribution is -0.134. The molecule has 1 aromatic rings. The highest BCUT2D eigenvalue weighted by Gasteiger charge is 2.40. The van der Waals surface area contributed by atoms with Gasteiger partial charge in [-0.05, 0) is 31.2 Å². The maximum absolute atomic E-state index is 12.2. The van der Waals surface area contributed by atoms with E-state index in [1.807, 2.05) is 6.92 Å². The summed E-state index contributed by atoms with van der Waals surface area (Å²) in [5, 5.41) is 8.02. The van der Waals surface area contributed by atoms with Crippen molar-refractivity contribution in [2.24, 2.45) is 0 Å². The Hall–Kier alpha value is -2.02. The Morgan fingerprint density at radius 1 is 1.38 bits per heavy atom. The van der Waals surface area contributed by atoms with Crippen LogP contribution in [0.1, 0.15) is 13.3 Å². The summed E-state index contributed by atoms with van der Waals surface area (Å²) >= 11 is 0.977. The fourth-order valence-corrected chi connectivity index (χ4v) is 2.89. The molecule has 0 bridgehead atoms. The number of carbonyl (C=O) groups excluding carboxylic acids is 2. The fraction of sp³-hybridized carbons (Fsp3) is 0.357. The Balaban J connectivity index is 2.10. The van der Waals surface area contributed by atoms with Gasteiger partial charge in [0.25, 0.3) is 0 Å². The van der Waals surface area contributed by atoms with Crippen molar-refractivity contribution in [3.8, 4) is 5.75 Å². The molecule has 21 heavy (non-hydrogen) atoms. The van der Waals surface area contributed by atoms with Crippen LogP contribution in [0.2, 0.25) is 0 Å². The summed E-state index contributed by atoms with van der Waals surface area (Å²) in [6.07, 6.45) is 0.0317. The van der Waals surface area contributed by atoms with E-state index in [0.717, 1.165) is 16.7 Å². The summed E-state index contributed by atoms with van der Waals surface area (Å²) in [6.45, 7) is 2.40. The topological polar surface area (TPSA) is 83.9 Å². The molecule has 0 radical (unpaired) electrons. The van der Waals surface area contributed by atoms with Crippen molar-refractivity contribution in [2.45, 2.75) is 18.6 Å². The number of nitrogens with zero attached hydrogens (tertiary/aromatic N) is 1. The first kappa shape index (κ1) is 15.4. The van der Waals surface area contributed by atoms with Gasteiger partial charge in [-0.2, -0.15) is 0 Å². The maximum atomic E-state index is 12.2. The Kier molecular flexibility index (Phi) is 4.85. The van der Waals surface area contributed by atoms with E-state index in [0.29, 0.717) is 18.0 Å². The van der Waals surface area contributed by atoms with E-state index in [2.05, 4.69) is 0 Å². The van der Waals surface area contributed by atoms with Crippen molar-refractivity contribution >= 4 is 35.2 Å². The molecule has 1 aliphatic rings. The highest BCUT2D eigenvalue weighted by molar-refractivity contribution is 8.01. The number of ether oxygens (including phenoxy) is 1. The summed E-state index contributed by atoms with van der Waals surface area (Å²) in [5.74, 6) is -1.21. The van der Waals surface area contributed by atoms with Gasteiger partial charge < -0.3 is 9.84 Å². The molecule has 1 fully saturated rings. The van der Waals surface area contributed by atoms with Crippen LogP contribution in [0.15, 0.2) is 24.3 Å². The second-order valence-corrected chi connectivity index (χ2v) is 5.58. The number of carbonyl (C=O) groups is 3. The van der Waals surface area contributed by atoms with Crippen LogP contribution in [0.3, 0.4) is 0 Å². The molecule has 1 saturated heterocycles. The third-order valence-corrected chi connectivity index (χ3v) is 4.10. The van der Waals surface area contributed by atoms with E-state index in [-0.39, 0.29) is 24.0 Å². The zero-order valence-electron chi connectivity index (χ0n) is 11.4. The second-order valence-electron chi connectivity index (χ2n) is 4.39. The minimum atomic E-state index is -1.00. The number of carboxylic acid groups (broad SMARTS) is 1. The Bertz CT molecular complexity index is 557. The number of hydrogen-bond acceptors (Lipinski definition) is 5. The van der Waals surface area contributed by atoms with Gasteiger partial charge in [0.1, 0.15) is 5.75 Å². The molecule has 1 unspecified atom stereocenters. The van der Waals surface area contributed by atoms with Gasteiger partial charge in [-0.1, -0.05) is 0 Å². The lowest BCUT2D eigenvalue weighted by atomic mass is 10.3. The minimum absolute atomic E-state index is 0.0317. The van der Waals surface area contributed by atoms with Crippen LogP contribution < -0.4 is 9.64 Å². The summed E-state index contributed by atoms with van der Waals surface area (Å²) in [5.41, 5.74) is 0.479. The lowest BCUT2D eigenvalue weighted by Crippen LogP contribution is -2.31. The SMILES string of the molecule is CCOc1ccc(N2C(=O)CC(SCC(=O)O)C2=O)cc1. The average Bonchev–Trinajstić information content (AvgIpc) is 2.73. The molecule has 7 heteroatoms. The molecule has 112 valence electrons. The van der Waals surface area contributed by atoms with E-state index in [1.165, 1.54) is 0 Å². The molecule has 0 aromatic heterocycles. The molecule has 6 nitrogen and oxygen atoms in total. The molecular formula is C14H15NO5S. The Morgan fingerprint density at radius 3 is 2.62 bits per heavy atom. The monoisotopic (exact) mass is 309 g/mol. The predicted molar refractivity (Wildman–Crippen MR) is 78.6 cm³/mol. The molecule has 2 rings (SSSR count). The zero-order valence-corrected chi connectivity index (χ0v) is 12.3. The van der Waals surface area contributed by atoms with Gasteiger partial charge in [-0.25, -0.2) is 4.90 Å². The quantitative estimate of drug-likeness (QED) is 0.802. The molecule has 1 N–H and O–H groups in total. The molecule has 0 spiro atoms. The van der Waals surface area contributed by atoms with Gasteiger partial charge in [0.2, 0.25) is 11.8 Å². The van der Waals surface area contributed by atoms with Gasteiger partial charge in [-0.15, -0.1) is 11.8 Å². The van der Waals surface area contributed by atoms with Crippen LogP contribution in [-0.2, 0) is 14.4 Å². The smallest absolute Gasteiger partial charge is 0.313 e. The van der Waals surface area contributed by atoms with Gasteiger partial charge in [0.05, 0.1) is 23.3 Å². The molecule has 1 aliphatic heterocycles. The Morgan fingerprint density at radius 2 is 2.05 bits per heavy atom. The van der Waals surface area contributed by atoms with Crippen LogP contribution in [0.25, 0.3) is 0 Å². The standard InChI is InChI=1S/C14H15NO5S/c1-2-20-10-5-3-9(4-6-10)15-12(16)7-11(14(15)19)21-8-13(17)18/h3-6,11H,2,7-8H2,1H3,(H,17,18). The molecule has 1 aromatic carbocycles. The number of thioether (sulfide) groups is 1. The van der Waals surface area contributed by atoms with Gasteiger partial charge >= 0.3 is 5.97 Å². The van der Waals surface area contributed by atoms with Crippen molar-refractivity contribution in [3.63, 3.8) is 0 Å².